The van der Waals surface area contributed by atoms with E-state index in [9.17, 15) is 4.39 Å². The fraction of sp³-hybridized carbons (Fsp3) is 0.300. The fourth-order valence-corrected chi connectivity index (χ4v) is 3.82. The fourth-order valence-electron chi connectivity index (χ4n) is 3.37. The summed E-state index contributed by atoms with van der Waals surface area (Å²) in [5, 5.41) is 0. The van der Waals surface area contributed by atoms with Crippen LogP contribution in [0.4, 0.5) is 4.39 Å². The molecule has 0 aromatic heterocycles. The van der Waals surface area contributed by atoms with Crippen LogP contribution in [0.25, 0.3) is 11.1 Å². The average Bonchev–Trinajstić information content (AvgIpc) is 2.59. The highest BCUT2D eigenvalue weighted by Gasteiger charge is 2.20. The maximum absolute atomic E-state index is 13.7. The molecule has 3 heteroatoms. The molecule has 0 amide bonds. The third-order valence-corrected chi connectivity index (χ3v) is 5.54. The van der Waals surface area contributed by atoms with Crippen LogP contribution in [-0.4, -0.2) is 0 Å². The molecule has 1 aliphatic carbocycles. The van der Waals surface area contributed by atoms with Crippen LogP contribution < -0.4 is 0 Å². The van der Waals surface area contributed by atoms with Gasteiger partial charge in [-0.25, -0.2) is 4.39 Å². The van der Waals surface area contributed by atoms with Crippen molar-refractivity contribution in [3.8, 4) is 11.1 Å². The van der Waals surface area contributed by atoms with Crippen molar-refractivity contribution < 1.29 is 4.39 Å². The molecule has 23 heavy (non-hydrogen) atoms. The molecule has 0 spiro atoms. The van der Waals surface area contributed by atoms with E-state index in [2.05, 4.69) is 46.3 Å². The van der Waals surface area contributed by atoms with E-state index >= 15 is 0 Å². The van der Waals surface area contributed by atoms with E-state index in [1.165, 1.54) is 31.2 Å². The second kappa shape index (κ2) is 7.63. The molecule has 3 rings (SSSR count). The van der Waals surface area contributed by atoms with Crippen LogP contribution in [-0.2, 0) is 0 Å². The maximum Gasteiger partial charge on any atom is 0.137 e. The topological polar surface area (TPSA) is 0 Å². The zero-order valence-corrected chi connectivity index (χ0v) is 15.2. The monoisotopic (exact) mass is 392 g/mol. The molecule has 0 radical (unpaired) electrons. The van der Waals surface area contributed by atoms with Gasteiger partial charge in [-0.1, -0.05) is 48.0 Å². The maximum atomic E-state index is 13.7. The Labute approximate surface area is 150 Å². The lowest BCUT2D eigenvalue weighted by Gasteiger charge is -2.27. The zero-order valence-electron chi connectivity index (χ0n) is 12.8. The van der Waals surface area contributed by atoms with Gasteiger partial charge in [0.05, 0.1) is 4.47 Å². The Balaban J connectivity index is 1.71. The Hall–Kier alpha value is -1.12. The first-order chi connectivity index (χ1) is 11.2. The summed E-state index contributed by atoms with van der Waals surface area (Å²) in [6.45, 7) is 0. The molecule has 2 aromatic carbocycles. The van der Waals surface area contributed by atoms with Crippen molar-refractivity contribution in [3.63, 3.8) is 0 Å². The van der Waals surface area contributed by atoms with Gasteiger partial charge in [-0.15, -0.1) is 0 Å². The van der Waals surface area contributed by atoms with Crippen molar-refractivity contribution in [1.82, 2.24) is 0 Å². The summed E-state index contributed by atoms with van der Waals surface area (Å²) in [6.07, 6.45) is 6.93. The van der Waals surface area contributed by atoms with Crippen LogP contribution >= 0.6 is 27.5 Å². The third-order valence-electron chi connectivity index (χ3n) is 4.75. The molecule has 0 atom stereocenters. The predicted octanol–water partition coefficient (Wildman–Crippen LogP) is 7.28. The summed E-state index contributed by atoms with van der Waals surface area (Å²) in [4.78, 5) is 0. The minimum atomic E-state index is -0.225. The smallest absolute Gasteiger partial charge is 0.137 e. The Bertz CT molecular complexity index is 685. The van der Waals surface area contributed by atoms with Crippen LogP contribution in [0, 0.1) is 11.7 Å². The summed E-state index contributed by atoms with van der Waals surface area (Å²) < 4.78 is 14.2. The van der Waals surface area contributed by atoms with Gasteiger partial charge in [0, 0.05) is 5.54 Å². The second-order valence-corrected chi connectivity index (χ2v) is 7.29. The van der Waals surface area contributed by atoms with E-state index < -0.39 is 0 Å². The van der Waals surface area contributed by atoms with E-state index in [0.717, 1.165) is 11.1 Å². The number of hydrogen-bond donors (Lipinski definition) is 0. The first kappa shape index (κ1) is 16.7. The summed E-state index contributed by atoms with van der Waals surface area (Å²) in [6, 6.07) is 13.8. The normalized spacial score (nSPS) is 21.7. The van der Waals surface area contributed by atoms with Gasteiger partial charge in [-0.05, 0) is 82.3 Å². The molecule has 1 aliphatic rings. The molecular formula is C20H19BrClF. The number of benzene rings is 2. The minimum Gasteiger partial charge on any atom is -0.206 e. The number of rotatable bonds is 3. The highest BCUT2D eigenvalue weighted by atomic mass is 79.9. The molecule has 1 fully saturated rings. The van der Waals surface area contributed by atoms with Crippen molar-refractivity contribution in [2.75, 3.05) is 0 Å². The predicted molar refractivity (Wildman–Crippen MR) is 99.2 cm³/mol. The summed E-state index contributed by atoms with van der Waals surface area (Å²) >= 11 is 8.87. The third kappa shape index (κ3) is 4.05. The summed E-state index contributed by atoms with van der Waals surface area (Å²) in [7, 11) is 0. The van der Waals surface area contributed by atoms with Crippen molar-refractivity contribution >= 4 is 27.5 Å². The van der Waals surface area contributed by atoms with E-state index in [1.807, 2.05) is 6.07 Å². The molecular weight excluding hydrogens is 375 g/mol. The lowest BCUT2D eigenvalue weighted by atomic mass is 9.78. The Morgan fingerprint density at radius 1 is 0.957 bits per heavy atom. The van der Waals surface area contributed by atoms with Gasteiger partial charge >= 0.3 is 0 Å². The van der Waals surface area contributed by atoms with Crippen LogP contribution in [0.2, 0.25) is 0 Å². The largest absolute Gasteiger partial charge is 0.206 e. The SMILES string of the molecule is Fc1cc(-c2ccc([C@H]3CC[C@H](/C=C/Cl)CC3)cc2)ccc1Br. The number of allylic oxidation sites excluding steroid dienone is 1. The van der Waals surface area contributed by atoms with Gasteiger partial charge in [-0.2, -0.15) is 0 Å². The Morgan fingerprint density at radius 2 is 1.61 bits per heavy atom. The lowest BCUT2D eigenvalue weighted by Crippen LogP contribution is -2.11. The van der Waals surface area contributed by atoms with Crippen LogP contribution in [0.5, 0.6) is 0 Å². The standard InChI is InChI=1S/C20H19BrClF/c21-19-10-9-18(13-20(19)23)17-7-5-16(6-8-17)15-3-1-14(2-4-15)11-12-22/h5-15H,1-4H2/b12-11+/t14-,15-. The molecule has 1 saturated carbocycles. The van der Waals surface area contributed by atoms with Crippen LogP contribution in [0.1, 0.15) is 37.2 Å². The second-order valence-electron chi connectivity index (χ2n) is 6.18. The van der Waals surface area contributed by atoms with Crippen LogP contribution in [0.15, 0.2) is 58.5 Å². The van der Waals surface area contributed by atoms with Gasteiger partial charge in [0.1, 0.15) is 5.82 Å². The molecule has 0 unspecified atom stereocenters. The first-order valence-electron chi connectivity index (χ1n) is 7.99. The lowest BCUT2D eigenvalue weighted by molar-refractivity contribution is 0.376. The van der Waals surface area contributed by atoms with Gasteiger partial charge < -0.3 is 0 Å². The Kier molecular flexibility index (Phi) is 5.55. The van der Waals surface area contributed by atoms with Gasteiger partial charge in [0.2, 0.25) is 0 Å². The molecule has 0 saturated heterocycles. The van der Waals surface area contributed by atoms with E-state index in [-0.39, 0.29) is 5.82 Å². The van der Waals surface area contributed by atoms with E-state index in [0.29, 0.717) is 16.3 Å². The molecule has 120 valence electrons. The first-order valence-corrected chi connectivity index (χ1v) is 9.22. The van der Waals surface area contributed by atoms with Crippen molar-refractivity contribution in [2.24, 2.45) is 5.92 Å². The number of halogens is 3. The Morgan fingerprint density at radius 3 is 2.22 bits per heavy atom. The van der Waals surface area contributed by atoms with E-state index in [1.54, 1.807) is 17.7 Å². The zero-order chi connectivity index (χ0) is 16.2. The van der Waals surface area contributed by atoms with Gasteiger partial charge in [-0.3, -0.25) is 0 Å². The molecule has 0 N–H and O–H groups in total. The quantitative estimate of drug-likeness (QED) is 0.514. The summed E-state index contributed by atoms with van der Waals surface area (Å²) in [5.41, 5.74) is 5.00. The average molecular weight is 394 g/mol. The molecule has 0 aliphatic heterocycles. The molecule has 2 aromatic rings. The molecule has 0 nitrogen and oxygen atoms in total. The highest BCUT2D eigenvalue weighted by Crippen LogP contribution is 2.37. The van der Waals surface area contributed by atoms with Crippen molar-refractivity contribution in [3.05, 3.63) is 69.9 Å². The van der Waals surface area contributed by atoms with Gasteiger partial charge in [0.15, 0.2) is 0 Å². The number of hydrogen-bond acceptors (Lipinski definition) is 0. The highest BCUT2D eigenvalue weighted by molar-refractivity contribution is 9.10. The van der Waals surface area contributed by atoms with Crippen molar-refractivity contribution in [2.45, 2.75) is 31.6 Å². The molecule has 0 bridgehead atoms. The minimum absolute atomic E-state index is 0.225. The van der Waals surface area contributed by atoms with Crippen LogP contribution in [0.3, 0.4) is 0 Å². The van der Waals surface area contributed by atoms with Gasteiger partial charge in [0.25, 0.3) is 0 Å². The summed E-state index contributed by atoms with van der Waals surface area (Å²) in [5.74, 6) is 1.04. The molecule has 0 heterocycles. The van der Waals surface area contributed by atoms with E-state index in [4.69, 9.17) is 11.6 Å². The van der Waals surface area contributed by atoms with Crippen molar-refractivity contribution in [1.29, 1.82) is 0 Å².